The van der Waals surface area contributed by atoms with Crippen LogP contribution in [0.2, 0.25) is 0 Å². The van der Waals surface area contributed by atoms with Crippen LogP contribution >= 0.6 is 0 Å². The number of rotatable bonds is 8. The number of amides is 1. The number of nitrogens with one attached hydrogen (secondary N) is 1. The number of fused-ring (bicyclic) bond motifs is 2. The summed E-state index contributed by atoms with van der Waals surface area (Å²) in [5, 5.41) is 3.86. The van der Waals surface area contributed by atoms with Gasteiger partial charge in [0.25, 0.3) is 0 Å². The number of aryl methyl sites for hydroxylation is 2. The number of benzene rings is 2. The summed E-state index contributed by atoms with van der Waals surface area (Å²) in [6.45, 7) is 6.67. The van der Waals surface area contributed by atoms with E-state index in [0.29, 0.717) is 37.1 Å². The van der Waals surface area contributed by atoms with Gasteiger partial charge in [-0.05, 0) is 56.5 Å². The minimum atomic E-state index is -0.389. The first-order valence-corrected chi connectivity index (χ1v) is 11.2. The van der Waals surface area contributed by atoms with E-state index in [-0.39, 0.29) is 17.6 Å². The Kier molecular flexibility index (Phi) is 6.49. The molecule has 0 bridgehead atoms. The maximum atomic E-state index is 12.5. The summed E-state index contributed by atoms with van der Waals surface area (Å²) in [5.41, 5.74) is 3.92. The van der Waals surface area contributed by atoms with E-state index >= 15 is 0 Å². The summed E-state index contributed by atoms with van der Waals surface area (Å²) in [6.07, 6.45) is 1.52. The molecule has 0 unspecified atom stereocenters. The molecule has 4 aromatic rings. The largest absolute Gasteiger partial charge is 0.496 e. The van der Waals surface area contributed by atoms with Crippen molar-refractivity contribution in [2.75, 3.05) is 13.7 Å². The highest BCUT2D eigenvalue weighted by Crippen LogP contribution is 2.28. The summed E-state index contributed by atoms with van der Waals surface area (Å²) in [5.74, 6) is 1.55. The van der Waals surface area contributed by atoms with Crippen LogP contribution in [0.5, 0.6) is 5.75 Å². The van der Waals surface area contributed by atoms with Crippen molar-refractivity contribution >= 4 is 27.9 Å². The van der Waals surface area contributed by atoms with E-state index < -0.39 is 0 Å². The van der Waals surface area contributed by atoms with Crippen molar-refractivity contribution < 1.29 is 13.9 Å². The molecule has 0 aliphatic carbocycles. The number of hydrogen-bond acceptors (Lipinski definition) is 5. The average Bonchev–Trinajstić information content (AvgIpc) is 3.15. The van der Waals surface area contributed by atoms with Gasteiger partial charge in [0.1, 0.15) is 17.2 Å². The van der Waals surface area contributed by atoms with Gasteiger partial charge >= 0.3 is 5.63 Å². The zero-order valence-electron chi connectivity index (χ0n) is 19.5. The molecular formula is C26H29N3O4. The Balaban J connectivity index is 1.40. The Morgan fingerprint density at radius 1 is 1.18 bits per heavy atom. The Morgan fingerprint density at radius 2 is 1.97 bits per heavy atom. The van der Waals surface area contributed by atoms with Crippen LogP contribution in [0.15, 0.2) is 51.7 Å². The minimum absolute atomic E-state index is 0.0272. The molecular weight excluding hydrogens is 418 g/mol. The standard InChI is InChI=1S/C26H29N3O4/c1-16(2)29-21-8-6-5-7-20(21)28-24(29)11-12-27-25(30)10-9-18-14-19-17(3)13-26(31)33-23(19)15-22(18)32-4/h5-8,13-16H,9-12H2,1-4H3,(H,27,30). The van der Waals surface area contributed by atoms with Crippen molar-refractivity contribution in [2.45, 2.75) is 46.1 Å². The summed E-state index contributed by atoms with van der Waals surface area (Å²) in [6, 6.07) is 13.5. The highest BCUT2D eigenvalue weighted by Gasteiger charge is 2.14. The van der Waals surface area contributed by atoms with Gasteiger partial charge < -0.3 is 19.0 Å². The second kappa shape index (κ2) is 9.48. The van der Waals surface area contributed by atoms with Crippen LogP contribution in [0.3, 0.4) is 0 Å². The molecule has 7 heteroatoms. The lowest BCUT2D eigenvalue weighted by Gasteiger charge is -2.13. The van der Waals surface area contributed by atoms with Crippen molar-refractivity contribution in [1.82, 2.24) is 14.9 Å². The van der Waals surface area contributed by atoms with Gasteiger partial charge in [-0.2, -0.15) is 0 Å². The lowest BCUT2D eigenvalue weighted by molar-refractivity contribution is -0.121. The molecule has 1 N–H and O–H groups in total. The van der Waals surface area contributed by atoms with E-state index in [4.69, 9.17) is 14.1 Å². The molecule has 0 saturated heterocycles. The molecule has 0 saturated carbocycles. The van der Waals surface area contributed by atoms with Crippen LogP contribution in [0.25, 0.3) is 22.0 Å². The molecule has 0 fully saturated rings. The molecule has 2 aromatic heterocycles. The van der Waals surface area contributed by atoms with Crippen molar-refractivity contribution in [3.05, 3.63) is 69.8 Å². The van der Waals surface area contributed by atoms with Crippen molar-refractivity contribution in [2.24, 2.45) is 0 Å². The van der Waals surface area contributed by atoms with Gasteiger partial charge in [0.05, 0.1) is 18.1 Å². The van der Waals surface area contributed by atoms with Gasteiger partial charge in [-0.15, -0.1) is 0 Å². The molecule has 0 aliphatic rings. The zero-order valence-corrected chi connectivity index (χ0v) is 19.5. The van der Waals surface area contributed by atoms with Gasteiger partial charge in [0.15, 0.2) is 0 Å². The smallest absolute Gasteiger partial charge is 0.336 e. The fourth-order valence-corrected chi connectivity index (χ4v) is 4.27. The molecule has 2 aromatic carbocycles. The maximum absolute atomic E-state index is 12.5. The predicted octanol–water partition coefficient (Wildman–Crippen LogP) is 4.33. The average molecular weight is 448 g/mol. The van der Waals surface area contributed by atoms with Crippen LogP contribution in [0.1, 0.15) is 43.3 Å². The number of nitrogens with zero attached hydrogens (tertiary/aromatic N) is 2. The SMILES string of the molecule is COc1cc2oc(=O)cc(C)c2cc1CCC(=O)NCCc1nc2ccccc2n1C(C)C. The van der Waals surface area contributed by atoms with Crippen LogP contribution in [-0.4, -0.2) is 29.1 Å². The molecule has 4 rings (SSSR count). The topological polar surface area (TPSA) is 86.4 Å². The van der Waals surface area contributed by atoms with E-state index in [2.05, 4.69) is 29.8 Å². The van der Waals surface area contributed by atoms with E-state index in [1.54, 1.807) is 13.2 Å². The van der Waals surface area contributed by atoms with Crippen molar-refractivity contribution in [3.63, 3.8) is 0 Å². The summed E-state index contributed by atoms with van der Waals surface area (Å²) in [4.78, 5) is 28.9. The summed E-state index contributed by atoms with van der Waals surface area (Å²) >= 11 is 0. The lowest BCUT2D eigenvalue weighted by atomic mass is 10.0. The lowest BCUT2D eigenvalue weighted by Crippen LogP contribution is -2.26. The number of carbonyl (C=O) groups is 1. The van der Waals surface area contributed by atoms with Crippen LogP contribution in [0.4, 0.5) is 0 Å². The summed E-state index contributed by atoms with van der Waals surface area (Å²) in [7, 11) is 1.57. The van der Waals surface area contributed by atoms with Gasteiger partial charge in [-0.25, -0.2) is 9.78 Å². The van der Waals surface area contributed by atoms with E-state index in [0.717, 1.165) is 33.4 Å². The van der Waals surface area contributed by atoms with Gasteiger partial charge in [-0.3, -0.25) is 4.79 Å². The number of hydrogen-bond donors (Lipinski definition) is 1. The Bertz CT molecular complexity index is 1370. The highest BCUT2D eigenvalue weighted by atomic mass is 16.5. The van der Waals surface area contributed by atoms with E-state index in [1.807, 2.05) is 31.2 Å². The third-order valence-electron chi connectivity index (χ3n) is 5.83. The molecule has 0 atom stereocenters. The first kappa shape index (κ1) is 22.6. The second-order valence-electron chi connectivity index (χ2n) is 8.49. The number of aromatic nitrogens is 2. The zero-order chi connectivity index (χ0) is 23.5. The van der Waals surface area contributed by atoms with Crippen molar-refractivity contribution in [3.8, 4) is 5.75 Å². The first-order chi connectivity index (χ1) is 15.9. The minimum Gasteiger partial charge on any atom is -0.496 e. The molecule has 172 valence electrons. The molecule has 2 heterocycles. The van der Waals surface area contributed by atoms with Crippen LogP contribution in [-0.2, 0) is 17.6 Å². The van der Waals surface area contributed by atoms with E-state index in [1.165, 1.54) is 6.07 Å². The Morgan fingerprint density at radius 3 is 2.73 bits per heavy atom. The normalized spacial score (nSPS) is 11.4. The molecule has 1 amide bonds. The molecule has 0 radical (unpaired) electrons. The fraction of sp³-hybridized carbons (Fsp3) is 0.346. The van der Waals surface area contributed by atoms with Crippen LogP contribution < -0.4 is 15.7 Å². The number of imidazole rings is 1. The quantitative estimate of drug-likeness (QED) is 0.406. The van der Waals surface area contributed by atoms with Gasteiger partial charge in [-0.1, -0.05) is 12.1 Å². The predicted molar refractivity (Wildman–Crippen MR) is 129 cm³/mol. The number of carbonyl (C=O) groups excluding carboxylic acids is 1. The van der Waals surface area contributed by atoms with Gasteiger partial charge in [0, 0.05) is 42.9 Å². The molecule has 0 aliphatic heterocycles. The first-order valence-electron chi connectivity index (χ1n) is 11.2. The maximum Gasteiger partial charge on any atom is 0.336 e. The van der Waals surface area contributed by atoms with E-state index in [9.17, 15) is 9.59 Å². The van der Waals surface area contributed by atoms with Gasteiger partial charge in [0.2, 0.25) is 5.91 Å². The highest BCUT2D eigenvalue weighted by molar-refractivity contribution is 5.83. The molecule has 7 nitrogen and oxygen atoms in total. The molecule has 0 spiro atoms. The van der Waals surface area contributed by atoms with Crippen molar-refractivity contribution in [1.29, 1.82) is 0 Å². The number of ether oxygens (including phenoxy) is 1. The fourth-order valence-electron chi connectivity index (χ4n) is 4.27. The second-order valence-corrected chi connectivity index (χ2v) is 8.49. The molecule has 33 heavy (non-hydrogen) atoms. The number of methoxy groups -OCH3 is 1. The third kappa shape index (κ3) is 4.77. The Hall–Kier alpha value is -3.61. The van der Waals surface area contributed by atoms with Crippen LogP contribution in [0, 0.1) is 6.92 Å². The number of para-hydroxylation sites is 2. The Labute approximate surface area is 192 Å². The third-order valence-corrected chi connectivity index (χ3v) is 5.83. The monoisotopic (exact) mass is 447 g/mol. The summed E-state index contributed by atoms with van der Waals surface area (Å²) < 4.78 is 13.0.